The highest BCUT2D eigenvalue weighted by molar-refractivity contribution is 5.21. The van der Waals surface area contributed by atoms with Gasteiger partial charge in [0.1, 0.15) is 5.82 Å². The lowest BCUT2D eigenvalue weighted by Gasteiger charge is -2.27. The molecule has 0 spiro atoms. The Balaban J connectivity index is 2.96. The van der Waals surface area contributed by atoms with Gasteiger partial charge in [-0.2, -0.15) is 0 Å². The molecule has 13 heavy (non-hydrogen) atoms. The van der Waals surface area contributed by atoms with Crippen LogP contribution in [-0.2, 0) is 0 Å². The predicted molar refractivity (Wildman–Crippen MR) is 54.3 cm³/mol. The summed E-state index contributed by atoms with van der Waals surface area (Å²) in [6, 6.07) is 6.86. The van der Waals surface area contributed by atoms with E-state index in [4.69, 9.17) is 0 Å². The fourth-order valence-electron chi connectivity index (χ4n) is 1.28. The second-order valence-electron chi connectivity index (χ2n) is 4.64. The largest absolute Gasteiger partial charge is 0.207 e. The molecule has 0 saturated carbocycles. The smallest absolute Gasteiger partial charge is 0.123 e. The summed E-state index contributed by atoms with van der Waals surface area (Å²) in [5.41, 5.74) is 1.26. The lowest BCUT2D eigenvalue weighted by molar-refractivity contribution is 0.339. The SMILES string of the molecule is CC(c1cccc(F)c1)C(C)(C)C. The summed E-state index contributed by atoms with van der Waals surface area (Å²) < 4.78 is 12.9. The average molecular weight is 180 g/mol. The molecule has 0 amide bonds. The van der Waals surface area contributed by atoms with E-state index in [2.05, 4.69) is 27.7 Å². The molecule has 1 unspecified atom stereocenters. The highest BCUT2D eigenvalue weighted by Crippen LogP contribution is 2.34. The Morgan fingerprint density at radius 1 is 1.23 bits per heavy atom. The van der Waals surface area contributed by atoms with E-state index in [1.165, 1.54) is 6.07 Å². The van der Waals surface area contributed by atoms with Crippen LogP contribution in [0.1, 0.15) is 39.2 Å². The highest BCUT2D eigenvalue weighted by atomic mass is 19.1. The van der Waals surface area contributed by atoms with Gasteiger partial charge in [-0.05, 0) is 29.0 Å². The quantitative estimate of drug-likeness (QED) is 0.613. The molecule has 0 N–H and O–H groups in total. The van der Waals surface area contributed by atoms with Crippen molar-refractivity contribution in [2.45, 2.75) is 33.6 Å². The van der Waals surface area contributed by atoms with Gasteiger partial charge in [0.15, 0.2) is 0 Å². The van der Waals surface area contributed by atoms with Crippen LogP contribution in [0.5, 0.6) is 0 Å². The second-order valence-corrected chi connectivity index (χ2v) is 4.64. The molecule has 0 bridgehead atoms. The van der Waals surface area contributed by atoms with Gasteiger partial charge in [0, 0.05) is 0 Å². The molecular formula is C12H17F. The highest BCUT2D eigenvalue weighted by Gasteiger charge is 2.21. The van der Waals surface area contributed by atoms with E-state index >= 15 is 0 Å². The first-order chi connectivity index (χ1) is 5.91. The van der Waals surface area contributed by atoms with E-state index in [-0.39, 0.29) is 11.2 Å². The molecule has 1 aromatic carbocycles. The van der Waals surface area contributed by atoms with Gasteiger partial charge < -0.3 is 0 Å². The summed E-state index contributed by atoms with van der Waals surface area (Å²) >= 11 is 0. The van der Waals surface area contributed by atoms with Crippen LogP contribution in [0.2, 0.25) is 0 Å². The maximum absolute atomic E-state index is 12.9. The van der Waals surface area contributed by atoms with Gasteiger partial charge in [-0.15, -0.1) is 0 Å². The van der Waals surface area contributed by atoms with Crippen molar-refractivity contribution in [1.29, 1.82) is 0 Å². The van der Waals surface area contributed by atoms with E-state index in [0.29, 0.717) is 5.92 Å². The zero-order valence-electron chi connectivity index (χ0n) is 8.76. The zero-order valence-corrected chi connectivity index (χ0v) is 8.76. The monoisotopic (exact) mass is 180 g/mol. The van der Waals surface area contributed by atoms with Crippen LogP contribution in [0.4, 0.5) is 4.39 Å². The molecular weight excluding hydrogens is 163 g/mol. The van der Waals surface area contributed by atoms with Crippen molar-refractivity contribution in [3.05, 3.63) is 35.6 Å². The molecule has 72 valence electrons. The van der Waals surface area contributed by atoms with Gasteiger partial charge in [0.25, 0.3) is 0 Å². The van der Waals surface area contributed by atoms with Crippen molar-refractivity contribution in [2.75, 3.05) is 0 Å². The number of hydrogen-bond donors (Lipinski definition) is 0. The normalized spacial score (nSPS) is 14.2. The molecule has 0 radical (unpaired) electrons. The first-order valence-electron chi connectivity index (χ1n) is 4.67. The van der Waals surface area contributed by atoms with Gasteiger partial charge in [-0.25, -0.2) is 4.39 Å². The Morgan fingerprint density at radius 3 is 2.31 bits per heavy atom. The van der Waals surface area contributed by atoms with Crippen molar-refractivity contribution in [2.24, 2.45) is 5.41 Å². The number of rotatable bonds is 1. The van der Waals surface area contributed by atoms with Gasteiger partial charge in [-0.1, -0.05) is 39.8 Å². The van der Waals surface area contributed by atoms with Crippen molar-refractivity contribution < 1.29 is 4.39 Å². The topological polar surface area (TPSA) is 0 Å². The molecule has 1 heteroatoms. The maximum Gasteiger partial charge on any atom is 0.123 e. The standard InChI is InChI=1S/C12H17F/c1-9(12(2,3)4)10-6-5-7-11(13)8-10/h5-9H,1-4H3. The first-order valence-corrected chi connectivity index (χ1v) is 4.67. The van der Waals surface area contributed by atoms with E-state index in [1.807, 2.05) is 6.07 Å². The molecule has 1 atom stereocenters. The second kappa shape index (κ2) is 3.49. The molecule has 0 fully saturated rings. The molecule has 0 aromatic heterocycles. The summed E-state index contributed by atoms with van der Waals surface area (Å²) in [5, 5.41) is 0. The predicted octanol–water partition coefficient (Wildman–Crippen LogP) is 3.98. The molecule has 0 aliphatic heterocycles. The Bertz CT molecular complexity index is 283. The van der Waals surface area contributed by atoms with E-state index in [1.54, 1.807) is 12.1 Å². The fraction of sp³-hybridized carbons (Fsp3) is 0.500. The Morgan fingerprint density at radius 2 is 1.85 bits per heavy atom. The number of hydrogen-bond acceptors (Lipinski definition) is 0. The Labute approximate surface area is 79.8 Å². The molecule has 0 aliphatic rings. The van der Waals surface area contributed by atoms with Crippen LogP contribution in [0.3, 0.4) is 0 Å². The van der Waals surface area contributed by atoms with Gasteiger partial charge >= 0.3 is 0 Å². The van der Waals surface area contributed by atoms with Crippen LogP contribution in [0.25, 0.3) is 0 Å². The summed E-state index contributed by atoms with van der Waals surface area (Å²) in [6.07, 6.45) is 0. The molecule has 1 aromatic rings. The minimum Gasteiger partial charge on any atom is -0.207 e. The van der Waals surface area contributed by atoms with Gasteiger partial charge in [0.2, 0.25) is 0 Å². The Kier molecular flexibility index (Phi) is 2.74. The molecule has 1 rings (SSSR count). The summed E-state index contributed by atoms with van der Waals surface area (Å²) in [5.74, 6) is 0.233. The minimum absolute atomic E-state index is 0.145. The third-order valence-electron chi connectivity index (χ3n) is 2.65. The van der Waals surface area contributed by atoms with Crippen LogP contribution in [0.15, 0.2) is 24.3 Å². The molecule has 0 saturated heterocycles. The lowest BCUT2D eigenvalue weighted by atomic mass is 9.78. The zero-order chi connectivity index (χ0) is 10.1. The summed E-state index contributed by atoms with van der Waals surface area (Å²) in [4.78, 5) is 0. The van der Waals surface area contributed by atoms with Crippen LogP contribution in [-0.4, -0.2) is 0 Å². The minimum atomic E-state index is -0.145. The van der Waals surface area contributed by atoms with E-state index < -0.39 is 0 Å². The number of halogens is 1. The van der Waals surface area contributed by atoms with Crippen LogP contribution < -0.4 is 0 Å². The third-order valence-corrected chi connectivity index (χ3v) is 2.65. The average Bonchev–Trinajstić information content (AvgIpc) is 2.01. The lowest BCUT2D eigenvalue weighted by Crippen LogP contribution is -2.15. The van der Waals surface area contributed by atoms with Crippen molar-refractivity contribution >= 4 is 0 Å². The van der Waals surface area contributed by atoms with Crippen LogP contribution >= 0.6 is 0 Å². The van der Waals surface area contributed by atoms with Crippen molar-refractivity contribution in [3.63, 3.8) is 0 Å². The summed E-state index contributed by atoms with van der Waals surface area (Å²) in [7, 11) is 0. The van der Waals surface area contributed by atoms with E-state index in [0.717, 1.165) is 5.56 Å². The Hall–Kier alpha value is -0.850. The molecule has 0 aliphatic carbocycles. The number of benzene rings is 1. The first kappa shape index (κ1) is 10.2. The van der Waals surface area contributed by atoms with Crippen LogP contribution in [0, 0.1) is 11.2 Å². The molecule has 0 heterocycles. The van der Waals surface area contributed by atoms with Crippen molar-refractivity contribution in [3.8, 4) is 0 Å². The fourth-order valence-corrected chi connectivity index (χ4v) is 1.28. The summed E-state index contributed by atoms with van der Waals surface area (Å²) in [6.45, 7) is 8.64. The van der Waals surface area contributed by atoms with E-state index in [9.17, 15) is 4.39 Å². The van der Waals surface area contributed by atoms with Gasteiger partial charge in [-0.3, -0.25) is 0 Å². The van der Waals surface area contributed by atoms with Gasteiger partial charge in [0.05, 0.1) is 0 Å². The van der Waals surface area contributed by atoms with Crippen molar-refractivity contribution in [1.82, 2.24) is 0 Å². The molecule has 0 nitrogen and oxygen atoms in total. The maximum atomic E-state index is 12.9. The third kappa shape index (κ3) is 2.55.